The fourth-order valence-corrected chi connectivity index (χ4v) is 2.49. The van der Waals surface area contributed by atoms with E-state index >= 15 is 0 Å². The Morgan fingerprint density at radius 2 is 1.95 bits per heavy atom. The minimum absolute atomic E-state index is 0.0768. The Kier molecular flexibility index (Phi) is 6.84. The lowest BCUT2D eigenvalue weighted by Crippen LogP contribution is -2.39. The zero-order valence-corrected chi connectivity index (χ0v) is 12.1. The quantitative estimate of drug-likeness (QED) is 0.793. The average molecular weight is 270 g/mol. The highest BCUT2D eigenvalue weighted by atomic mass is 16.4. The van der Waals surface area contributed by atoms with Gasteiger partial charge in [-0.1, -0.05) is 26.7 Å². The van der Waals surface area contributed by atoms with Gasteiger partial charge in [-0.2, -0.15) is 0 Å². The maximum absolute atomic E-state index is 12.3. The summed E-state index contributed by atoms with van der Waals surface area (Å²) in [5, 5.41) is 8.80. The number of rotatable bonds is 6. The van der Waals surface area contributed by atoms with Crippen molar-refractivity contribution in [1.29, 1.82) is 0 Å². The van der Waals surface area contributed by atoms with E-state index in [4.69, 9.17) is 5.11 Å². The minimum Gasteiger partial charge on any atom is -0.480 e. The van der Waals surface area contributed by atoms with Gasteiger partial charge in [0.25, 0.3) is 0 Å². The van der Waals surface area contributed by atoms with E-state index in [1.807, 2.05) is 16.7 Å². The molecule has 0 bridgehead atoms. The van der Waals surface area contributed by atoms with Crippen LogP contribution in [0.5, 0.6) is 0 Å². The summed E-state index contributed by atoms with van der Waals surface area (Å²) in [5.74, 6) is -0.479. The summed E-state index contributed by atoms with van der Waals surface area (Å²) in [6.07, 6.45) is 4.01. The first kappa shape index (κ1) is 16.0. The summed E-state index contributed by atoms with van der Waals surface area (Å²) in [7, 11) is 0. The SMILES string of the molecule is CCCCC(C)C(=O)N1CCCN(CC(=O)O)CC1. The maximum Gasteiger partial charge on any atom is 0.317 e. The molecule has 0 aliphatic carbocycles. The summed E-state index contributed by atoms with van der Waals surface area (Å²) in [6.45, 7) is 7.05. The maximum atomic E-state index is 12.3. The van der Waals surface area contributed by atoms with Crippen molar-refractivity contribution in [2.75, 3.05) is 32.7 Å². The molecule has 1 fully saturated rings. The van der Waals surface area contributed by atoms with E-state index in [1.54, 1.807) is 0 Å². The van der Waals surface area contributed by atoms with Gasteiger partial charge >= 0.3 is 5.97 Å². The van der Waals surface area contributed by atoms with Gasteiger partial charge in [0.1, 0.15) is 0 Å². The third-order valence-electron chi connectivity index (χ3n) is 3.67. The number of carbonyl (C=O) groups is 2. The molecule has 1 unspecified atom stereocenters. The molecule has 19 heavy (non-hydrogen) atoms. The lowest BCUT2D eigenvalue weighted by atomic mass is 10.0. The fraction of sp³-hybridized carbons (Fsp3) is 0.857. The molecular weight excluding hydrogens is 244 g/mol. The smallest absolute Gasteiger partial charge is 0.317 e. The van der Waals surface area contributed by atoms with E-state index in [2.05, 4.69) is 6.92 Å². The summed E-state index contributed by atoms with van der Waals surface area (Å²) in [6, 6.07) is 0. The normalized spacial score (nSPS) is 18.9. The molecule has 5 nitrogen and oxygen atoms in total. The average Bonchev–Trinajstić information content (AvgIpc) is 2.60. The molecule has 0 aromatic rings. The number of carbonyl (C=O) groups excluding carboxylic acids is 1. The van der Waals surface area contributed by atoms with Crippen molar-refractivity contribution >= 4 is 11.9 Å². The molecule has 1 rings (SSSR count). The molecule has 1 aliphatic heterocycles. The molecular formula is C14H26N2O3. The highest BCUT2D eigenvalue weighted by Gasteiger charge is 2.23. The Morgan fingerprint density at radius 3 is 2.58 bits per heavy atom. The van der Waals surface area contributed by atoms with Crippen molar-refractivity contribution in [2.45, 2.75) is 39.5 Å². The van der Waals surface area contributed by atoms with Crippen LogP contribution in [-0.2, 0) is 9.59 Å². The molecule has 0 spiro atoms. The molecule has 5 heteroatoms. The number of aliphatic carboxylic acids is 1. The first-order chi connectivity index (χ1) is 9.04. The number of nitrogens with zero attached hydrogens (tertiary/aromatic N) is 2. The van der Waals surface area contributed by atoms with Crippen molar-refractivity contribution in [3.05, 3.63) is 0 Å². The van der Waals surface area contributed by atoms with Crippen LogP contribution in [0.15, 0.2) is 0 Å². The van der Waals surface area contributed by atoms with Crippen LogP contribution in [0.3, 0.4) is 0 Å². The van der Waals surface area contributed by atoms with Crippen LogP contribution in [0.4, 0.5) is 0 Å². The van der Waals surface area contributed by atoms with Gasteiger partial charge in [-0.25, -0.2) is 0 Å². The van der Waals surface area contributed by atoms with Gasteiger partial charge in [-0.05, 0) is 12.8 Å². The molecule has 110 valence electrons. The predicted octanol–water partition coefficient (Wildman–Crippen LogP) is 1.43. The van der Waals surface area contributed by atoms with Gasteiger partial charge in [0.15, 0.2) is 0 Å². The van der Waals surface area contributed by atoms with Gasteiger partial charge in [0, 0.05) is 32.1 Å². The van der Waals surface area contributed by atoms with Crippen LogP contribution >= 0.6 is 0 Å². The molecule has 1 N–H and O–H groups in total. The van der Waals surface area contributed by atoms with E-state index in [0.717, 1.165) is 38.8 Å². The molecule has 1 saturated heterocycles. The molecule has 0 aromatic heterocycles. The number of carboxylic acid groups (broad SMARTS) is 1. The Hall–Kier alpha value is -1.10. The van der Waals surface area contributed by atoms with Crippen LogP contribution in [-0.4, -0.2) is 59.5 Å². The number of carboxylic acids is 1. The number of amides is 1. The molecule has 1 heterocycles. The monoisotopic (exact) mass is 270 g/mol. The highest BCUT2D eigenvalue weighted by Crippen LogP contribution is 2.13. The lowest BCUT2D eigenvalue weighted by molar-refractivity contribution is -0.138. The predicted molar refractivity (Wildman–Crippen MR) is 74.0 cm³/mol. The highest BCUT2D eigenvalue weighted by molar-refractivity contribution is 5.78. The van der Waals surface area contributed by atoms with Crippen molar-refractivity contribution in [1.82, 2.24) is 9.80 Å². The zero-order valence-electron chi connectivity index (χ0n) is 12.1. The van der Waals surface area contributed by atoms with Crippen LogP contribution in [0.2, 0.25) is 0 Å². The van der Waals surface area contributed by atoms with Gasteiger partial charge in [0.2, 0.25) is 5.91 Å². The lowest BCUT2D eigenvalue weighted by Gasteiger charge is -2.24. The first-order valence-corrected chi connectivity index (χ1v) is 7.27. The van der Waals surface area contributed by atoms with Crippen LogP contribution in [0.1, 0.15) is 39.5 Å². The van der Waals surface area contributed by atoms with Crippen molar-refractivity contribution in [3.63, 3.8) is 0 Å². The van der Waals surface area contributed by atoms with E-state index in [-0.39, 0.29) is 18.4 Å². The van der Waals surface area contributed by atoms with E-state index in [9.17, 15) is 9.59 Å². The Balaban J connectivity index is 2.43. The molecule has 1 amide bonds. The number of hydrogen-bond donors (Lipinski definition) is 1. The van der Waals surface area contributed by atoms with Crippen molar-refractivity contribution in [2.24, 2.45) is 5.92 Å². The molecule has 0 aromatic carbocycles. The third kappa shape index (κ3) is 5.59. The van der Waals surface area contributed by atoms with E-state index in [1.165, 1.54) is 0 Å². The summed E-state index contributed by atoms with van der Waals surface area (Å²) in [5.41, 5.74) is 0. The minimum atomic E-state index is -0.795. The molecule has 1 atom stereocenters. The number of hydrogen-bond acceptors (Lipinski definition) is 3. The van der Waals surface area contributed by atoms with Crippen molar-refractivity contribution < 1.29 is 14.7 Å². The summed E-state index contributed by atoms with van der Waals surface area (Å²) < 4.78 is 0. The van der Waals surface area contributed by atoms with Crippen LogP contribution in [0.25, 0.3) is 0 Å². The first-order valence-electron chi connectivity index (χ1n) is 7.27. The fourth-order valence-electron chi connectivity index (χ4n) is 2.49. The van der Waals surface area contributed by atoms with Gasteiger partial charge < -0.3 is 10.0 Å². The van der Waals surface area contributed by atoms with E-state index in [0.29, 0.717) is 13.1 Å². The topological polar surface area (TPSA) is 60.9 Å². The Bertz CT molecular complexity index is 307. The van der Waals surface area contributed by atoms with Crippen molar-refractivity contribution in [3.8, 4) is 0 Å². The molecule has 1 aliphatic rings. The largest absolute Gasteiger partial charge is 0.480 e. The summed E-state index contributed by atoms with van der Waals surface area (Å²) in [4.78, 5) is 26.8. The van der Waals surface area contributed by atoms with Gasteiger partial charge in [0.05, 0.1) is 6.54 Å². The Labute approximate surface area is 115 Å². The molecule has 0 saturated carbocycles. The van der Waals surface area contributed by atoms with Crippen LogP contribution in [0, 0.1) is 5.92 Å². The van der Waals surface area contributed by atoms with Gasteiger partial charge in [-0.15, -0.1) is 0 Å². The second-order valence-electron chi connectivity index (χ2n) is 5.39. The van der Waals surface area contributed by atoms with E-state index < -0.39 is 5.97 Å². The Morgan fingerprint density at radius 1 is 1.21 bits per heavy atom. The summed E-state index contributed by atoms with van der Waals surface area (Å²) >= 11 is 0. The third-order valence-corrected chi connectivity index (χ3v) is 3.67. The zero-order chi connectivity index (χ0) is 14.3. The second-order valence-corrected chi connectivity index (χ2v) is 5.39. The second kappa shape index (κ2) is 8.15. The van der Waals surface area contributed by atoms with Gasteiger partial charge in [-0.3, -0.25) is 14.5 Å². The standard InChI is InChI=1S/C14H26N2O3/c1-3-4-6-12(2)14(19)16-8-5-7-15(9-10-16)11-13(17)18/h12H,3-11H2,1-2H3,(H,17,18). The number of unbranched alkanes of at least 4 members (excludes halogenated alkanes) is 1. The molecule has 0 radical (unpaired) electrons. The van der Waals surface area contributed by atoms with Crippen LogP contribution < -0.4 is 0 Å².